The van der Waals surface area contributed by atoms with Gasteiger partial charge in [-0.15, -0.1) is 0 Å². The van der Waals surface area contributed by atoms with Gasteiger partial charge in [0.05, 0.1) is 13.7 Å². The van der Waals surface area contributed by atoms with E-state index in [0.29, 0.717) is 5.69 Å². The first kappa shape index (κ1) is 23.3. The Morgan fingerprint density at radius 1 is 1.06 bits per heavy atom. The van der Waals surface area contributed by atoms with Crippen LogP contribution < -0.4 is 10.1 Å². The van der Waals surface area contributed by atoms with Crippen molar-refractivity contribution in [2.24, 2.45) is 0 Å². The van der Waals surface area contributed by atoms with Crippen LogP contribution in [0.25, 0.3) is 0 Å². The van der Waals surface area contributed by atoms with Crippen molar-refractivity contribution >= 4 is 49.1 Å². The third-order valence-electron chi connectivity index (χ3n) is 4.39. The Labute approximate surface area is 195 Å². The molecule has 0 aromatic heterocycles. The number of nitrogens with zero attached hydrogens (tertiary/aromatic N) is 1. The number of carbonyl (C=O) groups excluding carboxylic acids is 1. The number of benzene rings is 3. The van der Waals surface area contributed by atoms with Gasteiger partial charge in [0.1, 0.15) is 10.6 Å². The molecule has 3 aromatic rings. The average Bonchev–Trinajstić information content (AvgIpc) is 2.75. The van der Waals surface area contributed by atoms with E-state index in [9.17, 15) is 13.2 Å². The summed E-state index contributed by atoms with van der Waals surface area (Å²) in [5.41, 5.74) is 1.30. The average molecular weight is 524 g/mol. The van der Waals surface area contributed by atoms with Gasteiger partial charge < -0.3 is 10.1 Å². The Morgan fingerprint density at radius 2 is 1.74 bits per heavy atom. The van der Waals surface area contributed by atoms with Crippen LogP contribution in [0.1, 0.15) is 5.56 Å². The molecule has 3 rings (SSSR count). The van der Waals surface area contributed by atoms with Crippen LogP contribution in [0.3, 0.4) is 0 Å². The van der Waals surface area contributed by atoms with Crippen molar-refractivity contribution in [3.8, 4) is 5.75 Å². The quantitative estimate of drug-likeness (QED) is 0.454. The number of hydrogen-bond donors (Lipinski definition) is 1. The van der Waals surface area contributed by atoms with Crippen LogP contribution in [-0.2, 0) is 21.4 Å². The van der Waals surface area contributed by atoms with Crippen molar-refractivity contribution < 1.29 is 17.9 Å². The van der Waals surface area contributed by atoms with Gasteiger partial charge in [-0.05, 0) is 48.0 Å². The number of amides is 1. The topological polar surface area (TPSA) is 75.7 Å². The van der Waals surface area contributed by atoms with Gasteiger partial charge in [0.2, 0.25) is 15.9 Å². The maximum atomic E-state index is 13.5. The van der Waals surface area contributed by atoms with E-state index in [1.54, 1.807) is 42.5 Å². The number of sulfonamides is 1. The van der Waals surface area contributed by atoms with Crippen molar-refractivity contribution in [1.82, 2.24) is 4.31 Å². The van der Waals surface area contributed by atoms with Crippen LogP contribution in [-0.4, -0.2) is 32.3 Å². The van der Waals surface area contributed by atoms with Gasteiger partial charge in [0.25, 0.3) is 0 Å². The molecule has 0 unspecified atom stereocenters. The summed E-state index contributed by atoms with van der Waals surface area (Å²) in [4.78, 5) is 12.6. The molecule has 9 heteroatoms. The molecule has 0 radical (unpaired) electrons. The fourth-order valence-corrected chi connectivity index (χ4v) is 4.97. The lowest BCUT2D eigenvalue weighted by Crippen LogP contribution is -2.37. The van der Waals surface area contributed by atoms with Crippen LogP contribution in [0.4, 0.5) is 5.69 Å². The van der Waals surface area contributed by atoms with Gasteiger partial charge in [0.15, 0.2) is 0 Å². The van der Waals surface area contributed by atoms with Crippen molar-refractivity contribution in [3.63, 3.8) is 0 Å². The molecule has 3 aromatic carbocycles. The van der Waals surface area contributed by atoms with Gasteiger partial charge >= 0.3 is 0 Å². The number of rotatable bonds is 8. The lowest BCUT2D eigenvalue weighted by Gasteiger charge is -2.23. The first-order chi connectivity index (χ1) is 14.8. The zero-order valence-electron chi connectivity index (χ0n) is 16.6. The van der Waals surface area contributed by atoms with Crippen molar-refractivity contribution in [3.05, 3.63) is 87.9 Å². The molecule has 0 spiro atoms. The molecule has 162 valence electrons. The van der Waals surface area contributed by atoms with Gasteiger partial charge in [-0.2, -0.15) is 4.31 Å². The lowest BCUT2D eigenvalue weighted by molar-refractivity contribution is -0.116. The summed E-state index contributed by atoms with van der Waals surface area (Å²) in [6.45, 7) is -0.379. The lowest BCUT2D eigenvalue weighted by atomic mass is 10.2. The van der Waals surface area contributed by atoms with Crippen LogP contribution in [0.5, 0.6) is 5.75 Å². The monoisotopic (exact) mass is 522 g/mol. The number of anilines is 1. The van der Waals surface area contributed by atoms with E-state index in [-0.39, 0.29) is 28.8 Å². The second-order valence-electron chi connectivity index (χ2n) is 6.61. The molecular formula is C22H20BrClN2O4S. The Hall–Kier alpha value is -2.39. The van der Waals surface area contributed by atoms with Gasteiger partial charge in [-0.25, -0.2) is 8.42 Å². The fraction of sp³-hybridized carbons (Fsp3) is 0.136. The summed E-state index contributed by atoms with van der Waals surface area (Å²) in [7, 11) is -2.72. The van der Waals surface area contributed by atoms with Crippen molar-refractivity contribution in [2.45, 2.75) is 11.4 Å². The predicted octanol–water partition coefficient (Wildman–Crippen LogP) is 4.94. The maximum absolute atomic E-state index is 13.5. The molecule has 6 nitrogen and oxygen atoms in total. The maximum Gasteiger partial charge on any atom is 0.247 e. The number of methoxy groups -OCH3 is 1. The molecule has 0 saturated carbocycles. The summed E-state index contributed by atoms with van der Waals surface area (Å²) in [5.74, 6) is -0.321. The normalized spacial score (nSPS) is 11.4. The van der Waals surface area contributed by atoms with E-state index in [1.165, 1.54) is 19.2 Å². The Bertz CT molecular complexity index is 1160. The van der Waals surface area contributed by atoms with E-state index in [2.05, 4.69) is 21.2 Å². The second-order valence-corrected chi connectivity index (χ2v) is 9.87. The first-order valence-electron chi connectivity index (χ1n) is 9.22. The van der Waals surface area contributed by atoms with Crippen LogP contribution in [0.2, 0.25) is 5.02 Å². The molecule has 0 heterocycles. The number of nitrogens with one attached hydrogen (secondary N) is 1. The fourth-order valence-electron chi connectivity index (χ4n) is 2.90. The standard InChI is InChI=1S/C22H20BrClN2O4S/c1-30-20-12-9-18(24)13-21(20)31(28,29)26(14-16-5-3-2-4-6-16)15-22(27)25-19-10-7-17(23)8-11-19/h2-13H,14-15H2,1H3,(H,25,27). The third-order valence-corrected chi connectivity index (χ3v) is 6.97. The van der Waals surface area contributed by atoms with Crippen LogP contribution in [0.15, 0.2) is 82.2 Å². The molecule has 1 N–H and O–H groups in total. The summed E-state index contributed by atoms with van der Waals surface area (Å²) in [5, 5.41) is 2.97. The molecule has 31 heavy (non-hydrogen) atoms. The smallest absolute Gasteiger partial charge is 0.247 e. The van der Waals surface area contributed by atoms with E-state index < -0.39 is 15.9 Å². The summed E-state index contributed by atoms with van der Waals surface area (Å²) < 4.78 is 34.2. The largest absolute Gasteiger partial charge is 0.495 e. The molecule has 0 atom stereocenters. The predicted molar refractivity (Wildman–Crippen MR) is 125 cm³/mol. The minimum atomic E-state index is -4.10. The zero-order valence-corrected chi connectivity index (χ0v) is 19.7. The highest BCUT2D eigenvalue weighted by Crippen LogP contribution is 2.30. The van der Waals surface area contributed by atoms with E-state index >= 15 is 0 Å². The van der Waals surface area contributed by atoms with Crippen LogP contribution >= 0.6 is 27.5 Å². The second kappa shape index (κ2) is 10.3. The molecule has 0 fully saturated rings. The molecule has 0 aliphatic rings. The van der Waals surface area contributed by atoms with Crippen molar-refractivity contribution in [2.75, 3.05) is 19.0 Å². The van der Waals surface area contributed by atoms with Gasteiger partial charge in [-0.3, -0.25) is 4.79 Å². The number of halogens is 2. The molecule has 1 amide bonds. The summed E-state index contributed by atoms with van der Waals surface area (Å²) >= 11 is 9.39. The number of hydrogen-bond acceptors (Lipinski definition) is 4. The van der Waals surface area contributed by atoms with Crippen LogP contribution in [0, 0.1) is 0 Å². The third kappa shape index (κ3) is 6.07. The number of ether oxygens (including phenoxy) is 1. The van der Waals surface area contributed by atoms with Crippen molar-refractivity contribution in [1.29, 1.82) is 0 Å². The zero-order chi connectivity index (χ0) is 22.4. The summed E-state index contributed by atoms with van der Waals surface area (Å²) in [6, 6.07) is 20.4. The Kier molecular flexibility index (Phi) is 7.72. The molecule has 0 aliphatic carbocycles. The van der Waals surface area contributed by atoms with Gasteiger partial charge in [-0.1, -0.05) is 57.9 Å². The Balaban J connectivity index is 1.93. The van der Waals surface area contributed by atoms with E-state index in [0.717, 1.165) is 14.3 Å². The van der Waals surface area contributed by atoms with Gasteiger partial charge in [0, 0.05) is 21.7 Å². The highest BCUT2D eigenvalue weighted by molar-refractivity contribution is 9.10. The van der Waals surface area contributed by atoms with E-state index in [1.807, 2.05) is 18.2 Å². The van der Waals surface area contributed by atoms with E-state index in [4.69, 9.17) is 16.3 Å². The summed E-state index contributed by atoms with van der Waals surface area (Å²) in [6.07, 6.45) is 0. The Morgan fingerprint density at radius 3 is 2.39 bits per heavy atom. The first-order valence-corrected chi connectivity index (χ1v) is 11.8. The highest BCUT2D eigenvalue weighted by atomic mass is 79.9. The SMILES string of the molecule is COc1ccc(Cl)cc1S(=O)(=O)N(CC(=O)Nc1ccc(Br)cc1)Cc1ccccc1. The minimum absolute atomic E-state index is 0.00655. The molecule has 0 bridgehead atoms. The minimum Gasteiger partial charge on any atom is -0.495 e. The molecule has 0 saturated heterocycles. The highest BCUT2D eigenvalue weighted by Gasteiger charge is 2.30. The molecular weight excluding hydrogens is 504 g/mol. The number of carbonyl (C=O) groups is 1. The molecule has 0 aliphatic heterocycles.